The number of anilines is 1. The molecule has 0 fully saturated rings. The Kier molecular flexibility index (Phi) is 10.5. The fourth-order valence-electron chi connectivity index (χ4n) is 3.21. The number of methoxy groups -OCH3 is 1. The molecule has 9 nitrogen and oxygen atoms in total. The van der Waals surface area contributed by atoms with Gasteiger partial charge in [-0.25, -0.2) is 4.98 Å². The predicted molar refractivity (Wildman–Crippen MR) is 118 cm³/mol. The molecule has 1 unspecified atom stereocenters. The molecular weight excluding hydrogens is 417 g/mol. The Morgan fingerprint density at radius 2 is 2.06 bits per heavy atom. The van der Waals surface area contributed by atoms with Crippen LogP contribution in [0.15, 0.2) is 6.33 Å². The molecule has 0 aliphatic heterocycles. The molecule has 2 heterocycles. The summed E-state index contributed by atoms with van der Waals surface area (Å²) in [5, 5.41) is 12.1. The maximum atomic E-state index is 14.0. The number of imidazole rings is 1. The molecule has 2 aromatic heterocycles. The average molecular weight is 450 g/mol. The van der Waals surface area contributed by atoms with E-state index in [0.29, 0.717) is 6.61 Å². The molecule has 0 aromatic carbocycles. The summed E-state index contributed by atoms with van der Waals surface area (Å²) < 4.78 is 26.2. The van der Waals surface area contributed by atoms with Gasteiger partial charge in [0, 0.05) is 26.7 Å². The molecule has 0 aliphatic rings. The van der Waals surface area contributed by atoms with E-state index >= 15 is 0 Å². The van der Waals surface area contributed by atoms with Crippen molar-refractivity contribution >= 4 is 22.9 Å². The van der Waals surface area contributed by atoms with Crippen LogP contribution >= 0.6 is 0 Å². The number of aryl methyl sites for hydroxylation is 1. The Balaban J connectivity index is 1.94. The maximum Gasteiger partial charge on any atom is 0.312 e. The van der Waals surface area contributed by atoms with Crippen molar-refractivity contribution in [1.29, 1.82) is 0 Å². The van der Waals surface area contributed by atoms with Crippen molar-refractivity contribution in [3.8, 4) is 12.3 Å². The molecule has 2 N–H and O–H groups in total. The zero-order valence-electron chi connectivity index (χ0n) is 18.8. The Morgan fingerprint density at radius 1 is 1.31 bits per heavy atom. The highest BCUT2D eigenvalue weighted by atomic mass is 19.1. The number of aliphatic hydroxyl groups excluding tert-OH is 1. The molecular formula is C22H32FN5O4. The van der Waals surface area contributed by atoms with Crippen LogP contribution in [-0.4, -0.2) is 63.1 Å². The lowest BCUT2D eigenvalue weighted by atomic mass is 10.0. The third kappa shape index (κ3) is 7.22. The van der Waals surface area contributed by atoms with Crippen LogP contribution in [-0.2, 0) is 20.8 Å². The fraction of sp³-hybridized carbons (Fsp3) is 0.636. The molecule has 2 aromatic rings. The topological polar surface area (TPSA) is 111 Å². The second-order valence-electron chi connectivity index (χ2n) is 7.57. The van der Waals surface area contributed by atoms with Crippen molar-refractivity contribution in [2.45, 2.75) is 64.0 Å². The van der Waals surface area contributed by atoms with Gasteiger partial charge in [-0.2, -0.15) is 14.4 Å². The van der Waals surface area contributed by atoms with E-state index in [4.69, 9.17) is 15.9 Å². The number of aromatic nitrogens is 4. The Bertz CT molecular complexity index is 908. The average Bonchev–Trinajstić information content (AvgIpc) is 3.20. The summed E-state index contributed by atoms with van der Waals surface area (Å²) in [7, 11) is 1.41. The number of hydrogen-bond donors (Lipinski definition) is 2. The van der Waals surface area contributed by atoms with Crippen LogP contribution in [0.4, 0.5) is 10.2 Å². The summed E-state index contributed by atoms with van der Waals surface area (Å²) in [6.45, 7) is 2.41. The molecule has 0 aliphatic carbocycles. The normalized spacial score (nSPS) is 13.1. The van der Waals surface area contributed by atoms with Gasteiger partial charge < -0.3 is 24.5 Å². The Labute approximate surface area is 187 Å². The van der Waals surface area contributed by atoms with Crippen LogP contribution in [0.3, 0.4) is 0 Å². The second-order valence-corrected chi connectivity index (χ2v) is 7.57. The third-order valence-electron chi connectivity index (χ3n) is 5.24. The number of terminal acetylenes is 1. The lowest BCUT2D eigenvalue weighted by molar-refractivity contribution is -0.120. The van der Waals surface area contributed by atoms with Crippen LogP contribution in [0, 0.1) is 18.4 Å². The number of amides is 1. The van der Waals surface area contributed by atoms with Gasteiger partial charge in [0.1, 0.15) is 6.61 Å². The Morgan fingerprint density at radius 3 is 2.75 bits per heavy atom. The summed E-state index contributed by atoms with van der Waals surface area (Å²) in [5.74, 6) is 1.95. The van der Waals surface area contributed by atoms with E-state index in [1.54, 1.807) is 4.57 Å². The lowest BCUT2D eigenvalue weighted by Gasteiger charge is -2.24. The molecule has 0 bridgehead atoms. The SMILES string of the molecule is C#CC(CO)(CCn1cnc2c(NC(=O)COCCCCCCCC)nc(F)nc21)OC. The van der Waals surface area contributed by atoms with Crippen LogP contribution in [0.1, 0.15) is 51.9 Å². The summed E-state index contributed by atoms with van der Waals surface area (Å²) in [6.07, 6.45) is 12.9. The van der Waals surface area contributed by atoms with Crippen molar-refractivity contribution in [1.82, 2.24) is 19.5 Å². The number of carbonyl (C=O) groups excluding carboxylic acids is 1. The quantitative estimate of drug-likeness (QED) is 0.244. The van der Waals surface area contributed by atoms with Crippen molar-refractivity contribution in [3.63, 3.8) is 0 Å². The fourth-order valence-corrected chi connectivity index (χ4v) is 3.21. The number of ether oxygens (including phenoxy) is 2. The maximum absolute atomic E-state index is 14.0. The number of unbranched alkanes of at least 4 members (excludes halogenated alkanes) is 5. The second kappa shape index (κ2) is 13.1. The van der Waals surface area contributed by atoms with E-state index in [0.717, 1.165) is 19.3 Å². The van der Waals surface area contributed by atoms with E-state index in [-0.39, 0.29) is 43.2 Å². The van der Waals surface area contributed by atoms with Gasteiger partial charge in [0.15, 0.2) is 22.6 Å². The highest BCUT2D eigenvalue weighted by molar-refractivity contribution is 5.97. The third-order valence-corrected chi connectivity index (χ3v) is 5.24. The number of hydrogen-bond acceptors (Lipinski definition) is 7. The van der Waals surface area contributed by atoms with Crippen molar-refractivity contribution in [2.75, 3.05) is 32.2 Å². The number of nitrogens with one attached hydrogen (secondary N) is 1. The lowest BCUT2D eigenvalue weighted by Crippen LogP contribution is -2.35. The number of nitrogens with zero attached hydrogens (tertiary/aromatic N) is 4. The van der Waals surface area contributed by atoms with E-state index in [1.165, 1.54) is 32.7 Å². The van der Waals surface area contributed by atoms with E-state index in [1.807, 2.05) is 0 Å². The van der Waals surface area contributed by atoms with Gasteiger partial charge in [-0.05, 0) is 6.42 Å². The first-order valence-corrected chi connectivity index (χ1v) is 10.9. The molecule has 0 saturated heterocycles. The minimum atomic E-state index is -1.16. The number of halogens is 1. The highest BCUT2D eigenvalue weighted by Gasteiger charge is 2.26. The summed E-state index contributed by atoms with van der Waals surface area (Å²) in [6, 6.07) is 0. The number of fused-ring (bicyclic) bond motifs is 1. The van der Waals surface area contributed by atoms with Gasteiger partial charge in [-0.1, -0.05) is 44.9 Å². The first-order valence-electron chi connectivity index (χ1n) is 10.9. The van der Waals surface area contributed by atoms with Crippen LogP contribution in [0.2, 0.25) is 0 Å². The van der Waals surface area contributed by atoms with Gasteiger partial charge in [0.2, 0.25) is 0 Å². The standard InChI is InChI=1S/C22H32FN5O4/c1-4-6-7-8-9-10-13-32-14-17(30)25-19-18-20(27-21(23)26-19)28(16-24-18)12-11-22(5-2,15-29)31-3/h2,16,29H,4,6-15H2,1,3H3,(H,25,26,27,30). The van der Waals surface area contributed by atoms with Gasteiger partial charge in [0.05, 0.1) is 12.9 Å². The highest BCUT2D eigenvalue weighted by Crippen LogP contribution is 2.21. The van der Waals surface area contributed by atoms with Crippen LogP contribution < -0.4 is 5.32 Å². The summed E-state index contributed by atoms with van der Waals surface area (Å²) in [4.78, 5) is 23.8. The first-order chi connectivity index (χ1) is 15.5. The Hall–Kier alpha value is -2.61. The van der Waals surface area contributed by atoms with Crippen molar-refractivity contribution in [3.05, 3.63) is 12.4 Å². The van der Waals surface area contributed by atoms with Crippen molar-refractivity contribution in [2.24, 2.45) is 0 Å². The minimum Gasteiger partial charge on any atom is -0.392 e. The first kappa shape index (κ1) is 25.6. The van der Waals surface area contributed by atoms with Gasteiger partial charge >= 0.3 is 6.08 Å². The van der Waals surface area contributed by atoms with E-state index < -0.39 is 17.6 Å². The largest absolute Gasteiger partial charge is 0.392 e. The molecule has 1 atom stereocenters. The molecule has 0 spiro atoms. The summed E-state index contributed by atoms with van der Waals surface area (Å²) >= 11 is 0. The smallest absolute Gasteiger partial charge is 0.312 e. The van der Waals surface area contributed by atoms with E-state index in [9.17, 15) is 14.3 Å². The minimum absolute atomic E-state index is 0.0310. The molecule has 0 radical (unpaired) electrons. The van der Waals surface area contributed by atoms with Crippen LogP contribution in [0.25, 0.3) is 11.2 Å². The number of carbonyl (C=O) groups is 1. The number of aliphatic hydroxyl groups is 1. The van der Waals surface area contributed by atoms with Gasteiger partial charge in [-0.15, -0.1) is 6.42 Å². The molecule has 176 valence electrons. The van der Waals surface area contributed by atoms with E-state index in [2.05, 4.69) is 33.1 Å². The zero-order valence-corrected chi connectivity index (χ0v) is 18.8. The molecule has 10 heteroatoms. The van der Waals surface area contributed by atoms with Crippen molar-refractivity contribution < 1.29 is 23.8 Å². The van der Waals surface area contributed by atoms with Gasteiger partial charge in [-0.3, -0.25) is 4.79 Å². The molecule has 32 heavy (non-hydrogen) atoms. The monoisotopic (exact) mass is 449 g/mol. The van der Waals surface area contributed by atoms with Gasteiger partial charge in [0.25, 0.3) is 5.91 Å². The molecule has 2 rings (SSSR count). The zero-order chi connectivity index (χ0) is 23.4. The number of rotatable bonds is 15. The molecule has 0 saturated carbocycles. The molecule has 1 amide bonds. The summed E-state index contributed by atoms with van der Waals surface area (Å²) in [5.41, 5.74) is -0.726. The predicted octanol–water partition coefficient (Wildman–Crippen LogP) is 2.68. The van der Waals surface area contributed by atoms with Crippen LogP contribution in [0.5, 0.6) is 0 Å².